The number of halogens is 5. The van der Waals surface area contributed by atoms with Gasteiger partial charge in [0.25, 0.3) is 11.5 Å². The molecule has 0 unspecified atom stereocenters. The number of nitrogens with one attached hydrogen (secondary N) is 4. The molecule has 246 valence electrons. The minimum atomic E-state index is -1.76. The highest BCUT2D eigenvalue weighted by Crippen LogP contribution is 2.30. The van der Waals surface area contributed by atoms with E-state index in [0.29, 0.717) is 6.42 Å². The van der Waals surface area contributed by atoms with Gasteiger partial charge in [0, 0.05) is 41.0 Å². The van der Waals surface area contributed by atoms with E-state index in [1.165, 1.54) is 24.4 Å². The second kappa shape index (κ2) is 16.0. The molecule has 9 N–H and O–H groups in total. The zero-order valence-corrected chi connectivity index (χ0v) is 26.4. The van der Waals surface area contributed by atoms with Crippen molar-refractivity contribution >= 4 is 54.0 Å². The fourth-order valence-corrected chi connectivity index (χ4v) is 4.07. The number of amides is 2. The van der Waals surface area contributed by atoms with Crippen LogP contribution in [0.2, 0.25) is 0 Å². The summed E-state index contributed by atoms with van der Waals surface area (Å²) >= 11 is 0. The van der Waals surface area contributed by atoms with Crippen LogP contribution in [0.25, 0.3) is 11.3 Å². The number of hydrogen-bond acceptors (Lipinski definition) is 8. The summed E-state index contributed by atoms with van der Waals surface area (Å²) in [7, 11) is 0. The molecule has 2 aromatic carbocycles. The quantitative estimate of drug-likeness (QED) is 0.0694. The lowest BCUT2D eigenvalue weighted by Gasteiger charge is -2.18. The van der Waals surface area contributed by atoms with Crippen molar-refractivity contribution in [2.24, 2.45) is 5.73 Å². The first-order chi connectivity index (χ1) is 20.2. The summed E-state index contributed by atoms with van der Waals surface area (Å²) < 4.78 is 44.6. The minimum Gasteiger partial charge on any atom is -0.504 e. The molecule has 1 atom stereocenters. The number of carbonyl (C=O) groups is 2. The number of hydrogen-bond donors (Lipinski definition) is 7. The van der Waals surface area contributed by atoms with E-state index in [-0.39, 0.29) is 65.2 Å². The van der Waals surface area contributed by atoms with Crippen LogP contribution in [0.3, 0.4) is 0 Å². The summed E-state index contributed by atoms with van der Waals surface area (Å²) in [5.41, 5.74) is 9.04. The number of anilines is 2. The second-order valence-electron chi connectivity index (χ2n) is 10.1. The smallest absolute Gasteiger partial charge is 0.294 e. The normalized spacial score (nSPS) is 11.2. The van der Waals surface area contributed by atoms with Crippen LogP contribution in [-0.4, -0.2) is 44.4 Å². The van der Waals surface area contributed by atoms with Gasteiger partial charge in [0.1, 0.15) is 12.4 Å². The second-order valence-corrected chi connectivity index (χ2v) is 10.1. The van der Waals surface area contributed by atoms with Gasteiger partial charge < -0.3 is 32.5 Å². The maximum Gasteiger partial charge on any atom is 0.294 e. The fraction of sp³-hybridized carbons (Fsp3) is 0.321. The van der Waals surface area contributed by atoms with Crippen LogP contribution >= 0.6 is 24.8 Å². The van der Waals surface area contributed by atoms with Gasteiger partial charge in [0.05, 0.1) is 17.5 Å². The lowest BCUT2D eigenvalue weighted by atomic mass is 10.1. The molecule has 3 aromatic rings. The van der Waals surface area contributed by atoms with Crippen LogP contribution in [0.1, 0.15) is 55.6 Å². The number of amidine groups is 1. The molecule has 17 heteroatoms. The molecular weight excluding hydrogens is 640 g/mol. The van der Waals surface area contributed by atoms with Crippen molar-refractivity contribution in [2.75, 3.05) is 11.1 Å². The van der Waals surface area contributed by atoms with E-state index in [1.54, 1.807) is 13.8 Å². The minimum absolute atomic E-state index is 0. The monoisotopic (exact) mass is 674 g/mol. The van der Waals surface area contributed by atoms with Crippen LogP contribution in [0.4, 0.5) is 24.7 Å². The molecule has 0 saturated carbocycles. The summed E-state index contributed by atoms with van der Waals surface area (Å²) in [4.78, 5) is 43.3. The SMILES string of the molecule is CC[C@@H](C)NC(=O)c1cc(N)cc(-c2cnc(NC(C)C)c(=O)n2CC(=O)NCc2c(F)c(O)c(C(=N)N)c(F)c2F)c1.Cl.Cl. The topological polar surface area (TPSA) is 201 Å². The van der Waals surface area contributed by atoms with Gasteiger partial charge in [0.15, 0.2) is 29.0 Å². The molecule has 12 nitrogen and oxygen atoms in total. The number of rotatable bonds is 11. The van der Waals surface area contributed by atoms with Gasteiger partial charge in [-0.1, -0.05) is 6.92 Å². The molecular formula is C28H35Cl2F3N8O4. The first kappa shape index (κ1) is 38.5. The summed E-state index contributed by atoms with van der Waals surface area (Å²) in [6.45, 7) is 5.67. The number of nitrogen functional groups attached to an aromatic ring is 2. The Hall–Kier alpha value is -4.50. The van der Waals surface area contributed by atoms with Crippen molar-refractivity contribution in [3.63, 3.8) is 0 Å². The summed E-state index contributed by atoms with van der Waals surface area (Å²) in [6.07, 6.45) is 1.99. The molecule has 0 aliphatic heterocycles. The van der Waals surface area contributed by atoms with Gasteiger partial charge in [-0.05, 0) is 45.4 Å². The van der Waals surface area contributed by atoms with Gasteiger partial charge >= 0.3 is 0 Å². The van der Waals surface area contributed by atoms with E-state index in [2.05, 4.69) is 20.9 Å². The van der Waals surface area contributed by atoms with Gasteiger partial charge in [-0.15, -0.1) is 24.8 Å². The Morgan fingerprint density at radius 1 is 1.09 bits per heavy atom. The van der Waals surface area contributed by atoms with Crippen LogP contribution < -0.4 is 33.0 Å². The van der Waals surface area contributed by atoms with Crippen LogP contribution in [-0.2, 0) is 17.9 Å². The molecule has 0 saturated heterocycles. The molecule has 45 heavy (non-hydrogen) atoms. The Balaban J connectivity index is 0.00000506. The molecule has 0 fully saturated rings. The molecule has 0 spiro atoms. The lowest BCUT2D eigenvalue weighted by molar-refractivity contribution is -0.121. The highest BCUT2D eigenvalue weighted by atomic mass is 35.5. The summed E-state index contributed by atoms with van der Waals surface area (Å²) in [5.74, 6) is -9.03. The van der Waals surface area contributed by atoms with Gasteiger partial charge in [-0.25, -0.2) is 18.2 Å². The Morgan fingerprint density at radius 2 is 1.73 bits per heavy atom. The third-order valence-electron chi connectivity index (χ3n) is 6.40. The van der Waals surface area contributed by atoms with Crippen molar-refractivity contribution in [1.82, 2.24) is 20.2 Å². The maximum absolute atomic E-state index is 14.6. The van der Waals surface area contributed by atoms with Gasteiger partial charge in [-0.2, -0.15) is 0 Å². The maximum atomic E-state index is 14.6. The zero-order valence-electron chi connectivity index (χ0n) is 24.8. The van der Waals surface area contributed by atoms with E-state index >= 15 is 0 Å². The third-order valence-corrected chi connectivity index (χ3v) is 6.40. The average Bonchev–Trinajstić information content (AvgIpc) is 2.93. The Morgan fingerprint density at radius 3 is 2.31 bits per heavy atom. The predicted octanol–water partition coefficient (Wildman–Crippen LogP) is 3.41. The molecule has 0 aliphatic carbocycles. The number of phenols is 1. The number of nitrogens with two attached hydrogens (primary N) is 2. The predicted molar refractivity (Wildman–Crippen MR) is 170 cm³/mol. The highest BCUT2D eigenvalue weighted by Gasteiger charge is 2.27. The van der Waals surface area contributed by atoms with Crippen LogP contribution in [0.15, 0.2) is 29.2 Å². The first-order valence-electron chi connectivity index (χ1n) is 13.2. The van der Waals surface area contributed by atoms with E-state index in [1.807, 2.05) is 13.8 Å². The van der Waals surface area contributed by atoms with Gasteiger partial charge in [-0.3, -0.25) is 24.4 Å². The first-order valence-corrected chi connectivity index (χ1v) is 13.2. The molecule has 1 heterocycles. The number of nitrogens with zero attached hydrogens (tertiary/aromatic N) is 2. The van der Waals surface area contributed by atoms with Crippen molar-refractivity contribution in [3.05, 3.63) is 68.9 Å². The van der Waals surface area contributed by atoms with Crippen molar-refractivity contribution in [1.29, 1.82) is 5.41 Å². The van der Waals surface area contributed by atoms with E-state index in [9.17, 15) is 32.7 Å². The Labute approximate surface area is 269 Å². The van der Waals surface area contributed by atoms with Crippen molar-refractivity contribution in [3.8, 4) is 17.0 Å². The molecule has 0 radical (unpaired) electrons. The molecule has 1 aromatic heterocycles. The fourth-order valence-electron chi connectivity index (χ4n) is 4.07. The summed E-state index contributed by atoms with van der Waals surface area (Å²) in [6, 6.07) is 4.08. The molecule has 3 rings (SSSR count). The standard InChI is InChI=1S/C28H33F3N8O4.2ClH/c1-5-13(4)38-27(42)15-6-14(7-16(32)8-15)18-10-36-26(37-12(2)3)28(43)39(18)11-19(40)35-9-17-21(29)23(31)20(25(33)34)24(41)22(17)30;;/h6-8,10,12-13,41H,5,9,11,32H2,1-4H3,(H3,33,34)(H,35,40)(H,36,37)(H,38,42);2*1H/t13-;;/m1../s1. The van der Waals surface area contributed by atoms with E-state index in [0.717, 1.165) is 4.57 Å². The average molecular weight is 676 g/mol. The number of phenolic OH excluding ortho intramolecular Hbond substituents is 1. The Kier molecular flexibility index (Phi) is 13.7. The number of aromatic hydroxyl groups is 1. The largest absolute Gasteiger partial charge is 0.504 e. The molecule has 0 bridgehead atoms. The number of carbonyl (C=O) groups excluding carboxylic acids is 2. The Bertz CT molecular complexity index is 1620. The molecule has 2 amide bonds. The van der Waals surface area contributed by atoms with Crippen LogP contribution in [0, 0.1) is 22.9 Å². The number of aromatic nitrogens is 2. The highest BCUT2D eigenvalue weighted by molar-refractivity contribution is 5.98. The lowest BCUT2D eigenvalue weighted by Crippen LogP contribution is -2.35. The van der Waals surface area contributed by atoms with Crippen molar-refractivity contribution < 1.29 is 27.9 Å². The third kappa shape index (κ3) is 8.79. The van der Waals surface area contributed by atoms with Crippen molar-refractivity contribution in [2.45, 2.75) is 59.3 Å². The van der Waals surface area contributed by atoms with E-state index < -0.39 is 70.6 Å². The molecule has 0 aliphatic rings. The van der Waals surface area contributed by atoms with E-state index in [4.69, 9.17) is 16.9 Å². The number of benzene rings is 2. The van der Waals surface area contributed by atoms with Crippen LogP contribution in [0.5, 0.6) is 5.75 Å². The van der Waals surface area contributed by atoms with Gasteiger partial charge in [0.2, 0.25) is 5.91 Å². The zero-order chi connectivity index (χ0) is 32.2. The summed E-state index contributed by atoms with van der Waals surface area (Å²) in [5, 5.41) is 25.0.